The van der Waals surface area contributed by atoms with Crippen molar-refractivity contribution in [2.75, 3.05) is 0 Å². The molecule has 1 aromatic rings. The molecule has 84 valence electrons. The maximum Gasteiger partial charge on any atom is 0.309 e. The van der Waals surface area contributed by atoms with Crippen LogP contribution in [-0.4, -0.2) is 11.1 Å². The summed E-state index contributed by atoms with van der Waals surface area (Å²) < 4.78 is 0. The summed E-state index contributed by atoms with van der Waals surface area (Å²) >= 11 is 0. The summed E-state index contributed by atoms with van der Waals surface area (Å²) in [6, 6.07) is 6.39. The van der Waals surface area contributed by atoms with Gasteiger partial charge in [0, 0.05) is 0 Å². The SMILES string of the molecule is O=C(O)C1(Cc2cccc3c2CCC3)CC1. The van der Waals surface area contributed by atoms with Crippen molar-refractivity contribution in [2.45, 2.75) is 38.5 Å². The van der Waals surface area contributed by atoms with Crippen LogP contribution >= 0.6 is 0 Å². The van der Waals surface area contributed by atoms with Gasteiger partial charge in [-0.05, 0) is 55.2 Å². The highest BCUT2D eigenvalue weighted by atomic mass is 16.4. The first-order valence-corrected chi connectivity index (χ1v) is 6.04. The molecule has 2 aliphatic carbocycles. The first-order valence-electron chi connectivity index (χ1n) is 6.04. The van der Waals surface area contributed by atoms with Gasteiger partial charge in [-0.15, -0.1) is 0 Å². The van der Waals surface area contributed by atoms with Crippen molar-refractivity contribution >= 4 is 5.97 Å². The van der Waals surface area contributed by atoms with Crippen molar-refractivity contribution < 1.29 is 9.90 Å². The Bertz CT molecular complexity index is 444. The molecule has 0 radical (unpaired) electrons. The average molecular weight is 216 g/mol. The summed E-state index contributed by atoms with van der Waals surface area (Å²) in [5.41, 5.74) is 3.75. The maximum atomic E-state index is 11.2. The molecule has 1 aromatic carbocycles. The Kier molecular flexibility index (Phi) is 2.06. The highest BCUT2D eigenvalue weighted by Crippen LogP contribution is 2.49. The van der Waals surface area contributed by atoms with E-state index >= 15 is 0 Å². The van der Waals surface area contributed by atoms with Crippen LogP contribution in [0.25, 0.3) is 0 Å². The van der Waals surface area contributed by atoms with E-state index < -0.39 is 11.4 Å². The zero-order valence-electron chi connectivity index (χ0n) is 9.33. The van der Waals surface area contributed by atoms with Crippen molar-refractivity contribution in [1.29, 1.82) is 0 Å². The van der Waals surface area contributed by atoms with Crippen LogP contribution in [0.3, 0.4) is 0 Å². The molecule has 16 heavy (non-hydrogen) atoms. The van der Waals surface area contributed by atoms with Crippen molar-refractivity contribution in [1.82, 2.24) is 0 Å². The quantitative estimate of drug-likeness (QED) is 0.843. The van der Waals surface area contributed by atoms with E-state index in [1.807, 2.05) is 0 Å². The molecule has 0 aromatic heterocycles. The van der Waals surface area contributed by atoms with Gasteiger partial charge in [0.1, 0.15) is 0 Å². The second kappa shape index (κ2) is 3.34. The number of aryl methyl sites for hydroxylation is 1. The Morgan fingerprint density at radius 2 is 2.12 bits per heavy atom. The summed E-state index contributed by atoms with van der Waals surface area (Å²) in [5.74, 6) is -0.608. The largest absolute Gasteiger partial charge is 0.481 e. The molecule has 0 atom stereocenters. The molecule has 2 nitrogen and oxygen atoms in total. The second-order valence-corrected chi connectivity index (χ2v) is 5.17. The summed E-state index contributed by atoms with van der Waals surface area (Å²) in [7, 11) is 0. The molecular formula is C14H16O2. The fraction of sp³-hybridized carbons (Fsp3) is 0.500. The van der Waals surface area contributed by atoms with Gasteiger partial charge in [-0.1, -0.05) is 18.2 Å². The molecule has 1 saturated carbocycles. The molecule has 1 fully saturated rings. The van der Waals surface area contributed by atoms with Crippen molar-refractivity contribution in [2.24, 2.45) is 5.41 Å². The van der Waals surface area contributed by atoms with Crippen LogP contribution in [0.15, 0.2) is 18.2 Å². The van der Waals surface area contributed by atoms with Crippen LogP contribution < -0.4 is 0 Å². The Hall–Kier alpha value is -1.31. The van der Waals surface area contributed by atoms with Gasteiger partial charge in [-0.25, -0.2) is 0 Å². The van der Waals surface area contributed by atoms with Crippen molar-refractivity contribution in [3.63, 3.8) is 0 Å². The van der Waals surface area contributed by atoms with Crippen molar-refractivity contribution in [3.05, 3.63) is 34.9 Å². The third-order valence-corrected chi connectivity index (χ3v) is 4.08. The van der Waals surface area contributed by atoms with Crippen LogP contribution in [0.5, 0.6) is 0 Å². The van der Waals surface area contributed by atoms with E-state index in [4.69, 9.17) is 0 Å². The average Bonchev–Trinajstić information content (AvgIpc) is 2.89. The highest BCUT2D eigenvalue weighted by Gasteiger charge is 2.50. The number of carboxylic acid groups (broad SMARTS) is 1. The minimum atomic E-state index is -0.608. The van der Waals surface area contributed by atoms with Gasteiger partial charge in [0.15, 0.2) is 0 Å². The van der Waals surface area contributed by atoms with Gasteiger partial charge < -0.3 is 5.11 Å². The molecule has 0 amide bonds. The minimum Gasteiger partial charge on any atom is -0.481 e. The van der Waals surface area contributed by atoms with Crippen LogP contribution in [-0.2, 0) is 24.1 Å². The molecule has 0 heterocycles. The van der Waals surface area contributed by atoms with Gasteiger partial charge in [0.25, 0.3) is 0 Å². The predicted octanol–water partition coefficient (Wildman–Crippen LogP) is 2.58. The molecule has 0 aliphatic heterocycles. The van der Waals surface area contributed by atoms with E-state index in [9.17, 15) is 9.90 Å². The number of carbonyl (C=O) groups is 1. The molecular weight excluding hydrogens is 200 g/mol. The van der Waals surface area contributed by atoms with Gasteiger partial charge in [-0.2, -0.15) is 0 Å². The van der Waals surface area contributed by atoms with E-state index in [1.54, 1.807) is 0 Å². The third-order valence-electron chi connectivity index (χ3n) is 4.08. The molecule has 0 bridgehead atoms. The number of fused-ring (bicyclic) bond motifs is 1. The third kappa shape index (κ3) is 1.44. The number of carboxylic acids is 1. The zero-order chi connectivity index (χ0) is 11.2. The number of benzene rings is 1. The molecule has 2 heteroatoms. The van der Waals surface area contributed by atoms with Gasteiger partial charge in [-0.3, -0.25) is 4.79 Å². The molecule has 2 aliphatic rings. The van der Waals surface area contributed by atoms with Gasteiger partial charge >= 0.3 is 5.97 Å². The molecule has 0 unspecified atom stereocenters. The Labute approximate surface area is 95.3 Å². The van der Waals surface area contributed by atoms with E-state index in [1.165, 1.54) is 29.5 Å². The number of hydrogen-bond acceptors (Lipinski definition) is 1. The molecule has 0 saturated heterocycles. The van der Waals surface area contributed by atoms with E-state index in [0.29, 0.717) is 0 Å². The fourth-order valence-corrected chi connectivity index (χ4v) is 2.85. The standard InChI is InChI=1S/C14H16O2/c15-13(16)14(7-8-14)9-11-5-1-3-10-4-2-6-12(10)11/h1,3,5H,2,4,6-9H2,(H,15,16). The lowest BCUT2D eigenvalue weighted by Crippen LogP contribution is -2.18. The maximum absolute atomic E-state index is 11.2. The number of hydrogen-bond donors (Lipinski definition) is 1. The monoisotopic (exact) mass is 216 g/mol. The van der Waals surface area contributed by atoms with E-state index in [-0.39, 0.29) is 0 Å². The van der Waals surface area contributed by atoms with Gasteiger partial charge in [0.05, 0.1) is 5.41 Å². The van der Waals surface area contributed by atoms with Crippen LogP contribution in [0.4, 0.5) is 0 Å². The number of aliphatic carboxylic acids is 1. The van der Waals surface area contributed by atoms with Gasteiger partial charge in [0.2, 0.25) is 0 Å². The molecule has 1 N–H and O–H groups in total. The lowest BCUT2D eigenvalue weighted by atomic mass is 9.92. The lowest BCUT2D eigenvalue weighted by Gasteiger charge is -2.13. The smallest absolute Gasteiger partial charge is 0.309 e. The topological polar surface area (TPSA) is 37.3 Å². The van der Waals surface area contributed by atoms with Crippen molar-refractivity contribution in [3.8, 4) is 0 Å². The normalized spacial score (nSPS) is 20.5. The number of rotatable bonds is 3. The second-order valence-electron chi connectivity index (χ2n) is 5.17. The minimum absolute atomic E-state index is 0.419. The first-order chi connectivity index (χ1) is 7.71. The zero-order valence-corrected chi connectivity index (χ0v) is 9.33. The lowest BCUT2D eigenvalue weighted by molar-refractivity contribution is -0.143. The summed E-state index contributed by atoms with van der Waals surface area (Å²) in [5, 5.41) is 9.21. The fourth-order valence-electron chi connectivity index (χ4n) is 2.85. The summed E-state index contributed by atoms with van der Waals surface area (Å²) in [4.78, 5) is 11.2. The Balaban J connectivity index is 1.91. The summed E-state index contributed by atoms with van der Waals surface area (Å²) in [6.07, 6.45) is 5.99. The van der Waals surface area contributed by atoms with Crippen LogP contribution in [0.1, 0.15) is 36.0 Å². The highest BCUT2D eigenvalue weighted by molar-refractivity contribution is 5.78. The van der Waals surface area contributed by atoms with Crippen LogP contribution in [0, 0.1) is 5.41 Å². The summed E-state index contributed by atoms with van der Waals surface area (Å²) in [6.45, 7) is 0. The van der Waals surface area contributed by atoms with E-state index in [0.717, 1.165) is 25.7 Å². The predicted molar refractivity (Wildman–Crippen MR) is 61.5 cm³/mol. The van der Waals surface area contributed by atoms with Crippen LogP contribution in [0.2, 0.25) is 0 Å². The van der Waals surface area contributed by atoms with E-state index in [2.05, 4.69) is 18.2 Å². The Morgan fingerprint density at radius 3 is 2.81 bits per heavy atom. The Morgan fingerprint density at radius 1 is 1.31 bits per heavy atom. The molecule has 0 spiro atoms. The first kappa shape index (κ1) is 9.88. The molecule has 3 rings (SSSR count).